The van der Waals surface area contributed by atoms with Gasteiger partial charge in [0, 0.05) is 74.5 Å². The summed E-state index contributed by atoms with van der Waals surface area (Å²) in [4.78, 5) is 7.63. The van der Waals surface area contributed by atoms with E-state index in [0.29, 0.717) is 0 Å². The van der Waals surface area contributed by atoms with Crippen molar-refractivity contribution in [3.63, 3.8) is 0 Å². The van der Waals surface area contributed by atoms with E-state index < -0.39 is 0 Å². The van der Waals surface area contributed by atoms with E-state index in [4.69, 9.17) is 9.47 Å². The van der Waals surface area contributed by atoms with Crippen LogP contribution in [-0.2, 0) is 0 Å². The lowest BCUT2D eigenvalue weighted by atomic mass is 9.29. The van der Waals surface area contributed by atoms with Crippen molar-refractivity contribution in [2.45, 2.75) is 62.3 Å². The average Bonchev–Trinajstić information content (AvgIpc) is 0.695. The summed E-state index contributed by atoms with van der Waals surface area (Å²) in [5.74, 6) is 3.29. The minimum Gasteiger partial charge on any atom is -0.458 e. The summed E-state index contributed by atoms with van der Waals surface area (Å²) in [6.07, 6.45) is 0. The highest BCUT2D eigenvalue weighted by Crippen LogP contribution is 2.51. The van der Waals surface area contributed by atoms with Crippen molar-refractivity contribution < 1.29 is 9.47 Å². The number of benzene rings is 13. The maximum Gasteiger partial charge on any atom is 0.260 e. The fourth-order valence-electron chi connectivity index (χ4n) is 18.0. The molecule has 0 saturated carbocycles. The minimum atomic E-state index is -0.278. The highest BCUT2D eigenvalue weighted by Gasteiger charge is 2.50. The third-order valence-corrected chi connectivity index (χ3v) is 21.7. The monoisotopic (exact) mass is 1230 g/mol. The Balaban J connectivity index is 0.889. The van der Waals surface area contributed by atoms with Crippen LogP contribution in [0.25, 0.3) is 33.4 Å². The predicted octanol–water partition coefficient (Wildman–Crippen LogP) is 16.6. The number of nitrogens with zero attached hydrogens (tertiary/aromatic N) is 3. The van der Waals surface area contributed by atoms with Gasteiger partial charge < -0.3 is 29.5 Å². The van der Waals surface area contributed by atoms with E-state index in [1.165, 1.54) is 145 Å². The normalized spacial score (nSPS) is 13.6. The smallest absolute Gasteiger partial charge is 0.260 e. The Bertz CT molecular complexity index is 5480. The molecule has 19 rings (SSSR count). The molecule has 0 fully saturated rings. The van der Waals surface area contributed by atoms with E-state index in [0.717, 1.165) is 73.4 Å². The second kappa shape index (κ2) is 20.9. The van der Waals surface area contributed by atoms with E-state index in [9.17, 15) is 0 Å². The minimum absolute atomic E-state index is 0.112. The quantitative estimate of drug-likeness (QED) is 0.167. The molecule has 0 saturated heterocycles. The maximum atomic E-state index is 7.73. The third kappa shape index (κ3) is 8.16. The zero-order chi connectivity index (χ0) is 64.7. The second-order valence-corrected chi connectivity index (χ2v) is 27.7. The van der Waals surface area contributed by atoms with Gasteiger partial charge in [0.2, 0.25) is 0 Å². The number of anilines is 11. The molecule has 96 heavy (non-hydrogen) atoms. The fraction of sp³-hybridized carbons (Fsp3) is 0.103. The van der Waals surface area contributed by atoms with E-state index >= 15 is 0 Å². The lowest BCUT2D eigenvalue weighted by molar-refractivity contribution is 0.465. The summed E-state index contributed by atoms with van der Waals surface area (Å²) in [6.45, 7) is 19.7. The fourth-order valence-corrected chi connectivity index (χ4v) is 18.0. The Morgan fingerprint density at radius 3 is 1.21 bits per heavy atom. The number of aryl methyl sites for hydroxylation is 9. The Labute approximate surface area is 563 Å². The van der Waals surface area contributed by atoms with Gasteiger partial charge in [0.15, 0.2) is 0 Å². The first-order valence-electron chi connectivity index (χ1n) is 33.8. The van der Waals surface area contributed by atoms with Crippen LogP contribution < -0.4 is 78.7 Å². The lowest BCUT2D eigenvalue weighted by Crippen LogP contribution is -2.65. The average molecular weight is 1230 g/mol. The van der Waals surface area contributed by atoms with Crippen molar-refractivity contribution >= 4 is 132 Å². The molecule has 0 aliphatic carbocycles. The molecule has 0 amide bonds. The first kappa shape index (κ1) is 56.4. The molecular formula is C87H67B3N4O2. The second-order valence-electron chi connectivity index (χ2n) is 27.7. The molecule has 6 heterocycles. The van der Waals surface area contributed by atoms with Crippen LogP contribution in [0.5, 0.6) is 23.0 Å². The highest BCUT2D eigenvalue weighted by atomic mass is 16.5. The van der Waals surface area contributed by atoms with Crippen molar-refractivity contribution in [3.8, 4) is 56.4 Å². The summed E-state index contributed by atoms with van der Waals surface area (Å²) >= 11 is 0. The predicted molar refractivity (Wildman–Crippen MR) is 406 cm³/mol. The number of hydrogen-bond acceptors (Lipinski definition) is 6. The number of nitrogens with one attached hydrogen (secondary N) is 1. The van der Waals surface area contributed by atoms with Crippen molar-refractivity contribution in [2.75, 3.05) is 20.0 Å². The molecule has 0 radical (unpaired) electrons. The molecule has 9 heteroatoms. The van der Waals surface area contributed by atoms with Gasteiger partial charge in [-0.15, -0.1) is 0 Å². The van der Waals surface area contributed by atoms with E-state index in [1.807, 2.05) is 0 Å². The van der Waals surface area contributed by atoms with Gasteiger partial charge in [0.25, 0.3) is 20.1 Å². The Hall–Kier alpha value is -11.1. The molecular weight excluding hydrogens is 1170 g/mol. The topological polar surface area (TPSA) is 40.2 Å². The zero-order valence-corrected chi connectivity index (χ0v) is 55.4. The first-order valence-corrected chi connectivity index (χ1v) is 33.8. The largest absolute Gasteiger partial charge is 0.458 e. The SMILES string of the molecule is Cc1cc(C)c(N2c3cc4c(cc3B3c5ccccc5N(c5ccccc5)c5cc(-c6c(C)cccc6C)cc2c53)B2c3cc5c(cc3Oc3cc(-c6c(C)cccc6C)cc(c32)O4)Nc2cc(-c3c(C)cccc3C)cc3c2B5c2ccccc2N3c2ccccc2)c(C)c1. The Morgan fingerprint density at radius 2 is 0.688 bits per heavy atom. The van der Waals surface area contributed by atoms with Crippen molar-refractivity contribution in [1.82, 2.24) is 0 Å². The molecule has 0 spiro atoms. The van der Waals surface area contributed by atoms with Gasteiger partial charge in [-0.25, -0.2) is 0 Å². The summed E-state index contributed by atoms with van der Waals surface area (Å²) in [5, 5.41) is 4.15. The molecule has 6 aliphatic heterocycles. The molecule has 13 aromatic rings. The van der Waals surface area contributed by atoms with Gasteiger partial charge in [-0.05, 0) is 257 Å². The molecule has 0 aromatic heterocycles. The molecule has 6 aliphatic rings. The molecule has 0 atom stereocenters. The van der Waals surface area contributed by atoms with Crippen LogP contribution in [0.4, 0.5) is 62.6 Å². The molecule has 1 N–H and O–H groups in total. The number of rotatable bonds is 6. The molecule has 13 aromatic carbocycles. The van der Waals surface area contributed by atoms with Gasteiger partial charge >= 0.3 is 0 Å². The number of fused-ring (bicyclic) bond motifs is 12. The van der Waals surface area contributed by atoms with Gasteiger partial charge in [-0.1, -0.05) is 157 Å². The number of ether oxygens (including phenoxy) is 2. The van der Waals surface area contributed by atoms with E-state index in [-0.39, 0.29) is 20.1 Å². The summed E-state index contributed by atoms with van der Waals surface area (Å²) < 4.78 is 15.3. The summed E-state index contributed by atoms with van der Waals surface area (Å²) in [6, 6.07) is 89.0. The van der Waals surface area contributed by atoms with Gasteiger partial charge in [0.05, 0.1) is 5.69 Å². The third-order valence-electron chi connectivity index (χ3n) is 21.7. The van der Waals surface area contributed by atoms with Crippen LogP contribution in [0.3, 0.4) is 0 Å². The Kier molecular flexibility index (Phi) is 12.3. The van der Waals surface area contributed by atoms with Gasteiger partial charge in [0.1, 0.15) is 23.0 Å². The Morgan fingerprint density at radius 1 is 0.271 bits per heavy atom. The van der Waals surface area contributed by atoms with Crippen LogP contribution >= 0.6 is 0 Å². The van der Waals surface area contributed by atoms with Crippen LogP contribution in [-0.4, -0.2) is 20.1 Å². The van der Waals surface area contributed by atoms with Crippen LogP contribution in [0, 0.1) is 62.3 Å². The van der Waals surface area contributed by atoms with E-state index in [1.54, 1.807) is 0 Å². The van der Waals surface area contributed by atoms with Gasteiger partial charge in [-0.2, -0.15) is 0 Å². The zero-order valence-electron chi connectivity index (χ0n) is 55.4. The van der Waals surface area contributed by atoms with Crippen LogP contribution in [0.15, 0.2) is 237 Å². The van der Waals surface area contributed by atoms with Crippen molar-refractivity contribution in [1.29, 1.82) is 0 Å². The molecule has 456 valence electrons. The summed E-state index contributed by atoms with van der Waals surface area (Å²) in [7, 11) is 0. The van der Waals surface area contributed by atoms with Crippen molar-refractivity contribution in [2.24, 2.45) is 0 Å². The van der Waals surface area contributed by atoms with Gasteiger partial charge in [-0.3, -0.25) is 0 Å². The van der Waals surface area contributed by atoms with Crippen LogP contribution in [0.1, 0.15) is 50.1 Å². The van der Waals surface area contributed by atoms with E-state index in [2.05, 4.69) is 319 Å². The van der Waals surface area contributed by atoms with Crippen molar-refractivity contribution in [3.05, 3.63) is 287 Å². The van der Waals surface area contributed by atoms with Crippen LogP contribution in [0.2, 0.25) is 0 Å². The standard InChI is InChI=1S/C87H67B3N4O2/c1-49-37-56(8)87(57(9)38-49)94-73-48-78-68(46-66(73)89-64-34-17-19-36-72(64)93(62-31-14-11-15-32-62)75-41-59(42-76(94)85(75)89)82-52(4)25-21-26-53(82)5)90-67-45-65-69(47-77(67)95-79-43-60(44-80(96-78)86(79)90)83-54(6)27-22-28-55(83)7)91-70-39-58(81-50(2)23-20-24-51(81)3)40-74-84(70)88(65)63-33-16-18-35-71(63)92(74)61-29-12-10-13-30-61/h10-48,91H,1-9H3. The summed E-state index contributed by atoms with van der Waals surface area (Å²) in [5.41, 5.74) is 41.5. The first-order chi connectivity index (χ1) is 46.8. The molecule has 0 unspecified atom stereocenters. The highest BCUT2D eigenvalue weighted by molar-refractivity contribution is 7.03. The number of hydrogen-bond donors (Lipinski definition) is 1. The maximum absolute atomic E-state index is 7.73. The molecule has 0 bridgehead atoms. The lowest BCUT2D eigenvalue weighted by Gasteiger charge is -2.46. The molecule has 6 nitrogen and oxygen atoms in total. The number of para-hydroxylation sites is 4.